The van der Waals surface area contributed by atoms with Gasteiger partial charge in [-0.15, -0.1) is 0 Å². The van der Waals surface area contributed by atoms with Gasteiger partial charge in [-0.25, -0.2) is 9.59 Å². The number of esters is 2. The number of halogens is 2. The lowest BCUT2D eigenvalue weighted by Crippen LogP contribution is -2.15. The Morgan fingerprint density at radius 3 is 2.25 bits per heavy atom. The Kier molecular flexibility index (Phi) is 6.23. The zero-order valence-electron chi connectivity index (χ0n) is 13.2. The monoisotopic (exact) mass is 366 g/mol. The van der Waals surface area contributed by atoms with Crippen molar-refractivity contribution in [2.45, 2.75) is 20.0 Å². The van der Waals surface area contributed by atoms with Gasteiger partial charge in [0.05, 0.1) is 17.7 Å². The van der Waals surface area contributed by atoms with Crippen LogP contribution in [0.15, 0.2) is 42.5 Å². The molecule has 0 aliphatic rings. The first-order chi connectivity index (χ1) is 11.4. The maximum Gasteiger partial charge on any atom is 0.339 e. The van der Waals surface area contributed by atoms with Crippen LogP contribution in [0.4, 0.5) is 0 Å². The number of benzene rings is 2. The SMILES string of the molecule is CCOC(=O)c1ccccc1C(=O)OC(C)c1ccc(Cl)cc1Cl. The van der Waals surface area contributed by atoms with E-state index in [0.717, 1.165) is 0 Å². The molecule has 0 heterocycles. The molecule has 1 atom stereocenters. The molecule has 0 saturated carbocycles. The molecule has 1 unspecified atom stereocenters. The van der Waals surface area contributed by atoms with Gasteiger partial charge in [-0.3, -0.25) is 0 Å². The molecule has 0 saturated heterocycles. The van der Waals surface area contributed by atoms with Crippen LogP contribution in [-0.2, 0) is 9.47 Å². The Bertz CT molecular complexity index is 758. The topological polar surface area (TPSA) is 52.6 Å². The molecule has 0 fully saturated rings. The fraction of sp³-hybridized carbons (Fsp3) is 0.222. The van der Waals surface area contributed by atoms with Crippen LogP contribution < -0.4 is 0 Å². The molecule has 0 aliphatic carbocycles. The van der Waals surface area contributed by atoms with Crippen molar-refractivity contribution in [2.24, 2.45) is 0 Å². The van der Waals surface area contributed by atoms with Crippen molar-refractivity contribution in [1.82, 2.24) is 0 Å². The van der Waals surface area contributed by atoms with E-state index in [9.17, 15) is 9.59 Å². The molecular weight excluding hydrogens is 351 g/mol. The molecule has 0 radical (unpaired) electrons. The fourth-order valence-electron chi connectivity index (χ4n) is 2.17. The van der Waals surface area contributed by atoms with Crippen LogP contribution in [0, 0.1) is 0 Å². The highest BCUT2D eigenvalue weighted by molar-refractivity contribution is 6.35. The van der Waals surface area contributed by atoms with E-state index in [1.54, 1.807) is 44.2 Å². The van der Waals surface area contributed by atoms with Crippen molar-refractivity contribution in [3.8, 4) is 0 Å². The normalized spacial score (nSPS) is 11.7. The van der Waals surface area contributed by atoms with E-state index in [1.807, 2.05) is 0 Å². The summed E-state index contributed by atoms with van der Waals surface area (Å²) in [6.45, 7) is 3.61. The number of carbonyl (C=O) groups excluding carboxylic acids is 2. The van der Waals surface area contributed by atoms with Gasteiger partial charge in [0.25, 0.3) is 0 Å². The molecule has 4 nitrogen and oxygen atoms in total. The summed E-state index contributed by atoms with van der Waals surface area (Å²) in [4.78, 5) is 24.4. The Morgan fingerprint density at radius 1 is 1.04 bits per heavy atom. The summed E-state index contributed by atoms with van der Waals surface area (Å²) in [5, 5.41) is 0.899. The van der Waals surface area contributed by atoms with Crippen LogP contribution in [0.3, 0.4) is 0 Å². The fourth-order valence-corrected chi connectivity index (χ4v) is 2.73. The molecule has 0 aromatic heterocycles. The van der Waals surface area contributed by atoms with Crippen molar-refractivity contribution in [3.05, 3.63) is 69.2 Å². The lowest BCUT2D eigenvalue weighted by atomic mass is 10.1. The average Bonchev–Trinajstić information content (AvgIpc) is 2.54. The van der Waals surface area contributed by atoms with Gasteiger partial charge in [0.2, 0.25) is 0 Å². The lowest BCUT2D eigenvalue weighted by Gasteiger charge is -2.16. The zero-order valence-corrected chi connectivity index (χ0v) is 14.7. The summed E-state index contributed by atoms with van der Waals surface area (Å²) in [5.74, 6) is -1.20. The Hall–Kier alpha value is -2.04. The minimum atomic E-state index is -0.628. The number of hydrogen-bond donors (Lipinski definition) is 0. The molecular formula is C18H16Cl2O4. The predicted octanol–water partition coefficient (Wildman–Crippen LogP) is 5.09. The quantitative estimate of drug-likeness (QED) is 0.691. The second kappa shape index (κ2) is 8.18. The number of carbonyl (C=O) groups is 2. The first-order valence-electron chi connectivity index (χ1n) is 7.36. The third-order valence-electron chi connectivity index (χ3n) is 3.33. The van der Waals surface area contributed by atoms with Gasteiger partial charge < -0.3 is 9.47 Å². The van der Waals surface area contributed by atoms with Gasteiger partial charge in [-0.1, -0.05) is 41.4 Å². The van der Waals surface area contributed by atoms with Gasteiger partial charge in [0.1, 0.15) is 6.10 Å². The van der Waals surface area contributed by atoms with E-state index in [-0.39, 0.29) is 17.7 Å². The molecule has 0 spiro atoms. The third kappa shape index (κ3) is 4.28. The molecule has 2 aromatic carbocycles. The van der Waals surface area contributed by atoms with Crippen LogP contribution >= 0.6 is 23.2 Å². The van der Waals surface area contributed by atoms with E-state index in [4.69, 9.17) is 32.7 Å². The minimum Gasteiger partial charge on any atom is -0.462 e. The van der Waals surface area contributed by atoms with Gasteiger partial charge in [-0.2, -0.15) is 0 Å². The van der Waals surface area contributed by atoms with Crippen LogP contribution in [0.2, 0.25) is 10.0 Å². The second-order valence-corrected chi connectivity index (χ2v) is 5.82. The maximum absolute atomic E-state index is 12.4. The molecule has 0 bridgehead atoms. The highest BCUT2D eigenvalue weighted by Crippen LogP contribution is 2.29. The van der Waals surface area contributed by atoms with Crippen molar-refractivity contribution >= 4 is 35.1 Å². The summed E-state index contributed by atoms with van der Waals surface area (Å²) in [5.41, 5.74) is 0.940. The minimum absolute atomic E-state index is 0.146. The average molecular weight is 367 g/mol. The number of ether oxygens (including phenoxy) is 2. The van der Waals surface area contributed by atoms with E-state index in [0.29, 0.717) is 15.6 Å². The van der Waals surface area contributed by atoms with Gasteiger partial charge in [0, 0.05) is 15.6 Å². The summed E-state index contributed by atoms with van der Waals surface area (Å²) in [6.07, 6.45) is -0.600. The summed E-state index contributed by atoms with van der Waals surface area (Å²) >= 11 is 12.0. The maximum atomic E-state index is 12.4. The summed E-state index contributed by atoms with van der Waals surface area (Å²) < 4.78 is 10.4. The van der Waals surface area contributed by atoms with E-state index in [2.05, 4.69) is 0 Å². The second-order valence-electron chi connectivity index (χ2n) is 4.98. The van der Waals surface area contributed by atoms with Crippen LogP contribution in [-0.4, -0.2) is 18.5 Å². The van der Waals surface area contributed by atoms with Crippen molar-refractivity contribution in [2.75, 3.05) is 6.61 Å². The molecule has 2 aromatic rings. The van der Waals surface area contributed by atoms with Gasteiger partial charge in [-0.05, 0) is 38.1 Å². The van der Waals surface area contributed by atoms with Crippen molar-refractivity contribution in [3.63, 3.8) is 0 Å². The van der Waals surface area contributed by atoms with Crippen molar-refractivity contribution < 1.29 is 19.1 Å². The van der Waals surface area contributed by atoms with E-state index >= 15 is 0 Å². The van der Waals surface area contributed by atoms with Crippen LogP contribution in [0.25, 0.3) is 0 Å². The molecule has 24 heavy (non-hydrogen) atoms. The van der Waals surface area contributed by atoms with E-state index < -0.39 is 18.0 Å². The largest absolute Gasteiger partial charge is 0.462 e. The Morgan fingerprint density at radius 2 is 1.67 bits per heavy atom. The molecule has 6 heteroatoms. The molecule has 0 aliphatic heterocycles. The number of hydrogen-bond acceptors (Lipinski definition) is 4. The third-order valence-corrected chi connectivity index (χ3v) is 3.89. The highest BCUT2D eigenvalue weighted by atomic mass is 35.5. The molecule has 2 rings (SSSR count). The number of rotatable bonds is 5. The summed E-state index contributed by atoms with van der Waals surface area (Å²) in [6, 6.07) is 11.3. The Balaban J connectivity index is 2.22. The Labute approximate surface area is 150 Å². The van der Waals surface area contributed by atoms with Crippen molar-refractivity contribution in [1.29, 1.82) is 0 Å². The molecule has 0 amide bonds. The lowest BCUT2D eigenvalue weighted by molar-refractivity contribution is 0.0326. The van der Waals surface area contributed by atoms with E-state index in [1.165, 1.54) is 12.1 Å². The van der Waals surface area contributed by atoms with Gasteiger partial charge >= 0.3 is 11.9 Å². The predicted molar refractivity (Wildman–Crippen MR) is 92.7 cm³/mol. The smallest absolute Gasteiger partial charge is 0.339 e. The first-order valence-corrected chi connectivity index (χ1v) is 8.11. The summed E-state index contributed by atoms with van der Waals surface area (Å²) in [7, 11) is 0. The highest BCUT2D eigenvalue weighted by Gasteiger charge is 2.22. The first kappa shape index (κ1) is 18.3. The standard InChI is InChI=1S/C18H16Cl2O4/c1-3-23-17(21)14-6-4-5-7-15(14)18(22)24-11(2)13-9-8-12(19)10-16(13)20/h4-11H,3H2,1-2H3. The molecule has 0 N–H and O–H groups in total. The van der Waals surface area contributed by atoms with Crippen LogP contribution in [0.1, 0.15) is 46.2 Å². The molecule has 126 valence electrons. The van der Waals surface area contributed by atoms with Crippen LogP contribution in [0.5, 0.6) is 0 Å². The van der Waals surface area contributed by atoms with Gasteiger partial charge in [0.15, 0.2) is 0 Å². The zero-order chi connectivity index (χ0) is 17.7.